The molecule has 6 nitrogen and oxygen atoms in total. The quantitative estimate of drug-likeness (QED) is 0.518. The molecule has 2 aromatic carbocycles. The number of thioether (sulfide) groups is 1. The molecule has 0 saturated heterocycles. The standard InChI is InChI=1S/C17H17BrN2O4S2/c1-20(2)26(21,22)12-5-7-16-14(9-12)19-17(24-16)25-10-11-4-6-15(23-3)13(18)8-11/h4-9H,10H2,1-3H3. The number of rotatable bonds is 6. The van der Waals surface area contributed by atoms with Crippen molar-refractivity contribution in [3.8, 4) is 5.75 Å². The van der Waals surface area contributed by atoms with Crippen LogP contribution in [-0.2, 0) is 15.8 Å². The van der Waals surface area contributed by atoms with Crippen LogP contribution < -0.4 is 4.74 Å². The van der Waals surface area contributed by atoms with Crippen molar-refractivity contribution < 1.29 is 17.6 Å². The SMILES string of the molecule is COc1ccc(CSc2nc3cc(S(=O)(=O)N(C)C)ccc3o2)cc1Br. The number of ether oxygens (including phenoxy) is 1. The molecule has 0 fully saturated rings. The molecule has 0 saturated carbocycles. The molecular formula is C17H17BrN2O4S2. The molecule has 0 atom stereocenters. The van der Waals surface area contributed by atoms with Crippen molar-refractivity contribution in [3.63, 3.8) is 0 Å². The van der Waals surface area contributed by atoms with Gasteiger partial charge >= 0.3 is 0 Å². The molecule has 0 bridgehead atoms. The van der Waals surface area contributed by atoms with E-state index in [9.17, 15) is 8.42 Å². The minimum absolute atomic E-state index is 0.193. The van der Waals surface area contributed by atoms with Crippen molar-refractivity contribution in [2.45, 2.75) is 15.9 Å². The largest absolute Gasteiger partial charge is 0.496 e. The number of hydrogen-bond acceptors (Lipinski definition) is 6. The molecule has 0 aliphatic rings. The zero-order valence-electron chi connectivity index (χ0n) is 14.4. The van der Waals surface area contributed by atoms with Crippen LogP contribution in [0.25, 0.3) is 11.1 Å². The summed E-state index contributed by atoms with van der Waals surface area (Å²) in [5, 5.41) is 0.492. The zero-order valence-corrected chi connectivity index (χ0v) is 17.6. The van der Waals surface area contributed by atoms with Crippen molar-refractivity contribution in [3.05, 3.63) is 46.4 Å². The minimum atomic E-state index is -3.50. The van der Waals surface area contributed by atoms with Crippen LogP contribution in [0.5, 0.6) is 5.75 Å². The minimum Gasteiger partial charge on any atom is -0.496 e. The van der Waals surface area contributed by atoms with E-state index in [4.69, 9.17) is 9.15 Å². The van der Waals surface area contributed by atoms with E-state index in [0.29, 0.717) is 22.1 Å². The number of hydrogen-bond donors (Lipinski definition) is 0. The fourth-order valence-corrected chi connectivity index (χ4v) is 4.56. The van der Waals surface area contributed by atoms with E-state index in [-0.39, 0.29) is 4.90 Å². The lowest BCUT2D eigenvalue weighted by molar-refractivity contribution is 0.412. The fourth-order valence-electron chi connectivity index (χ4n) is 2.26. The third-order valence-corrected chi connectivity index (χ3v) is 7.03. The number of nitrogens with zero attached hydrogens (tertiary/aromatic N) is 2. The Balaban J connectivity index is 1.80. The van der Waals surface area contributed by atoms with E-state index in [1.54, 1.807) is 13.2 Å². The average molecular weight is 457 g/mol. The molecule has 0 spiro atoms. The summed E-state index contributed by atoms with van der Waals surface area (Å²) < 4.78 is 37.4. The van der Waals surface area contributed by atoms with Crippen molar-refractivity contribution in [1.82, 2.24) is 9.29 Å². The zero-order chi connectivity index (χ0) is 18.9. The van der Waals surface area contributed by atoms with Crippen LogP contribution in [0.4, 0.5) is 0 Å². The third kappa shape index (κ3) is 3.90. The van der Waals surface area contributed by atoms with E-state index >= 15 is 0 Å². The van der Waals surface area contributed by atoms with Gasteiger partial charge in [0.2, 0.25) is 10.0 Å². The van der Waals surface area contributed by atoms with Gasteiger partial charge < -0.3 is 9.15 Å². The number of methoxy groups -OCH3 is 1. The van der Waals surface area contributed by atoms with Crippen molar-refractivity contribution in [2.24, 2.45) is 0 Å². The van der Waals surface area contributed by atoms with E-state index < -0.39 is 10.0 Å². The Bertz CT molecular complexity index is 1050. The van der Waals surface area contributed by atoms with Crippen LogP contribution in [0.2, 0.25) is 0 Å². The van der Waals surface area contributed by atoms with E-state index in [1.807, 2.05) is 18.2 Å². The molecule has 1 aromatic heterocycles. The number of benzene rings is 2. The van der Waals surface area contributed by atoms with Gasteiger partial charge in [-0.2, -0.15) is 0 Å². The first kappa shape index (κ1) is 19.2. The Morgan fingerprint density at radius 2 is 2.00 bits per heavy atom. The van der Waals surface area contributed by atoms with E-state index in [1.165, 1.54) is 42.3 Å². The van der Waals surface area contributed by atoms with Gasteiger partial charge in [-0.3, -0.25) is 0 Å². The number of aromatic nitrogens is 1. The second-order valence-corrected chi connectivity index (χ2v) is 9.59. The lowest BCUT2D eigenvalue weighted by Gasteiger charge is -2.10. The van der Waals surface area contributed by atoms with Crippen molar-refractivity contribution >= 4 is 48.8 Å². The first-order chi connectivity index (χ1) is 12.3. The highest BCUT2D eigenvalue weighted by molar-refractivity contribution is 9.10. The summed E-state index contributed by atoms with van der Waals surface area (Å²) in [5.74, 6) is 1.44. The lowest BCUT2D eigenvalue weighted by Crippen LogP contribution is -2.22. The molecule has 3 aromatic rings. The normalized spacial score (nSPS) is 12.0. The Hall–Kier alpha value is -1.55. The summed E-state index contributed by atoms with van der Waals surface area (Å²) in [6.07, 6.45) is 0. The smallest absolute Gasteiger partial charge is 0.257 e. The number of halogens is 1. The Labute approximate surface area is 164 Å². The van der Waals surface area contributed by atoms with Crippen LogP contribution in [0.1, 0.15) is 5.56 Å². The van der Waals surface area contributed by atoms with Crippen LogP contribution in [-0.4, -0.2) is 38.9 Å². The van der Waals surface area contributed by atoms with Crippen molar-refractivity contribution in [1.29, 1.82) is 0 Å². The van der Waals surface area contributed by atoms with Crippen LogP contribution in [0.15, 0.2) is 55.4 Å². The van der Waals surface area contributed by atoms with Gasteiger partial charge in [-0.1, -0.05) is 17.8 Å². The molecule has 3 rings (SSSR count). The van der Waals surface area contributed by atoms with Crippen LogP contribution >= 0.6 is 27.7 Å². The van der Waals surface area contributed by atoms with Crippen LogP contribution in [0, 0.1) is 0 Å². The summed E-state index contributed by atoms with van der Waals surface area (Å²) in [5.41, 5.74) is 2.16. The maximum atomic E-state index is 12.2. The monoisotopic (exact) mass is 456 g/mol. The topological polar surface area (TPSA) is 72.6 Å². The summed E-state index contributed by atoms with van der Waals surface area (Å²) in [4.78, 5) is 4.59. The van der Waals surface area contributed by atoms with Crippen molar-refractivity contribution in [2.75, 3.05) is 21.2 Å². The molecule has 0 amide bonds. The molecule has 0 unspecified atom stereocenters. The molecule has 0 aliphatic carbocycles. The summed E-state index contributed by atoms with van der Waals surface area (Å²) in [7, 11) is 1.12. The van der Waals surface area contributed by atoms with Gasteiger partial charge in [0.25, 0.3) is 5.22 Å². The van der Waals surface area contributed by atoms with Gasteiger partial charge in [0.1, 0.15) is 11.3 Å². The molecule has 0 radical (unpaired) electrons. The van der Waals surface area contributed by atoms with Crippen LogP contribution in [0.3, 0.4) is 0 Å². The maximum Gasteiger partial charge on any atom is 0.257 e. The first-order valence-electron chi connectivity index (χ1n) is 7.59. The summed E-state index contributed by atoms with van der Waals surface area (Å²) in [6.45, 7) is 0. The van der Waals surface area contributed by atoms with E-state index in [0.717, 1.165) is 15.8 Å². The maximum absolute atomic E-state index is 12.2. The molecule has 9 heteroatoms. The highest BCUT2D eigenvalue weighted by Gasteiger charge is 2.19. The average Bonchev–Trinajstić information content (AvgIpc) is 3.02. The molecular weight excluding hydrogens is 440 g/mol. The van der Waals surface area contributed by atoms with Gasteiger partial charge in [-0.25, -0.2) is 17.7 Å². The highest BCUT2D eigenvalue weighted by Crippen LogP contribution is 2.31. The third-order valence-electron chi connectivity index (χ3n) is 3.70. The fraction of sp³-hybridized carbons (Fsp3) is 0.235. The molecule has 0 N–H and O–H groups in total. The van der Waals surface area contributed by atoms with Gasteiger partial charge in [0.05, 0.1) is 16.5 Å². The predicted molar refractivity (Wildman–Crippen MR) is 105 cm³/mol. The molecule has 26 heavy (non-hydrogen) atoms. The van der Waals surface area contributed by atoms with Gasteiger partial charge in [0, 0.05) is 19.8 Å². The second-order valence-electron chi connectivity index (χ2n) is 5.65. The predicted octanol–water partition coefficient (Wildman–Crippen LogP) is 4.14. The Morgan fingerprint density at radius 1 is 1.23 bits per heavy atom. The molecule has 138 valence electrons. The number of oxazole rings is 1. The number of sulfonamides is 1. The Kier molecular flexibility index (Phi) is 5.61. The molecule has 1 heterocycles. The molecule has 0 aliphatic heterocycles. The highest BCUT2D eigenvalue weighted by atomic mass is 79.9. The number of fused-ring (bicyclic) bond motifs is 1. The van der Waals surface area contributed by atoms with Gasteiger partial charge in [0.15, 0.2) is 5.58 Å². The lowest BCUT2D eigenvalue weighted by atomic mass is 10.2. The van der Waals surface area contributed by atoms with Gasteiger partial charge in [-0.15, -0.1) is 0 Å². The van der Waals surface area contributed by atoms with E-state index in [2.05, 4.69) is 20.9 Å². The Morgan fingerprint density at radius 3 is 2.65 bits per heavy atom. The van der Waals surface area contributed by atoms with Gasteiger partial charge in [-0.05, 0) is 51.8 Å². The summed E-state index contributed by atoms with van der Waals surface area (Å²) in [6, 6.07) is 10.5. The second kappa shape index (κ2) is 7.59. The first-order valence-corrected chi connectivity index (χ1v) is 10.8. The summed E-state index contributed by atoms with van der Waals surface area (Å²) >= 11 is 4.91.